The Kier molecular flexibility index (Phi) is 9.28. The van der Waals surface area contributed by atoms with Gasteiger partial charge in [0.15, 0.2) is 0 Å². The fraction of sp³-hybridized carbons (Fsp3) is 0.412. The molecule has 0 saturated carbocycles. The number of cyclic esters (lactones) is 1. The number of aliphatic hydroxyl groups excluding tert-OH is 1. The summed E-state index contributed by atoms with van der Waals surface area (Å²) in [4.78, 5) is 58.9. The Morgan fingerprint density at radius 1 is 1.04 bits per heavy atom. The van der Waals surface area contributed by atoms with Crippen molar-refractivity contribution in [2.24, 2.45) is 11.8 Å². The molecule has 1 spiro atoms. The number of carbonyl (C=O) groups is 4. The quantitative estimate of drug-likeness (QED) is 0.360. The summed E-state index contributed by atoms with van der Waals surface area (Å²) in [6, 6.07) is 13.9. The normalized spacial score (nSPS) is 32.0. The van der Waals surface area contributed by atoms with Crippen molar-refractivity contribution in [2.45, 2.75) is 42.7 Å². The van der Waals surface area contributed by atoms with Crippen molar-refractivity contribution in [3.05, 3.63) is 89.5 Å². The molecule has 5 bridgehead atoms. The lowest BCUT2D eigenvalue weighted by Crippen LogP contribution is -2.56. The highest BCUT2D eigenvalue weighted by Crippen LogP contribution is 2.56. The average Bonchev–Trinajstić information content (AvgIpc) is 3.69. The molecule has 4 aliphatic heterocycles. The number of methoxy groups -OCH3 is 1. The van der Waals surface area contributed by atoms with Gasteiger partial charge in [-0.3, -0.25) is 19.2 Å². The maximum absolute atomic E-state index is 14.6. The summed E-state index contributed by atoms with van der Waals surface area (Å²) in [6.45, 7) is -0.338. The maximum Gasteiger partial charge on any atom is 0.313 e. The number of aliphatic hydroxyl groups is 1. The van der Waals surface area contributed by atoms with E-state index in [1.807, 2.05) is 12.1 Å². The molecule has 242 valence electrons. The highest BCUT2D eigenvalue weighted by molar-refractivity contribution is 6.30. The van der Waals surface area contributed by atoms with Gasteiger partial charge in [-0.1, -0.05) is 66.2 Å². The number of hydrogen-bond acceptors (Lipinski definition) is 8. The van der Waals surface area contributed by atoms with E-state index >= 15 is 0 Å². The average molecular weight is 650 g/mol. The predicted octanol–water partition coefficient (Wildman–Crippen LogP) is 2.58. The molecule has 0 aromatic heterocycles. The van der Waals surface area contributed by atoms with Crippen LogP contribution < -0.4 is 10.2 Å². The van der Waals surface area contributed by atoms with E-state index in [-0.39, 0.29) is 32.0 Å². The first-order valence-electron chi connectivity index (χ1n) is 15.3. The van der Waals surface area contributed by atoms with E-state index in [2.05, 4.69) is 5.32 Å². The van der Waals surface area contributed by atoms with Crippen LogP contribution in [-0.4, -0.2) is 90.9 Å². The fourth-order valence-electron chi connectivity index (χ4n) is 7.06. The number of ether oxygens (including phenoxy) is 3. The molecule has 0 aliphatic carbocycles. The Morgan fingerprint density at radius 3 is 2.52 bits per heavy atom. The molecule has 12 heteroatoms. The van der Waals surface area contributed by atoms with Gasteiger partial charge in [0, 0.05) is 37.3 Å². The van der Waals surface area contributed by atoms with Gasteiger partial charge in [-0.05, 0) is 36.2 Å². The number of fused-ring (bicyclic) bond motifs is 2. The molecule has 3 amide bonds. The molecule has 7 atom stereocenters. The number of anilines is 1. The summed E-state index contributed by atoms with van der Waals surface area (Å²) in [5, 5.41) is 13.4. The molecule has 4 heterocycles. The Bertz CT molecular complexity index is 1530. The van der Waals surface area contributed by atoms with Crippen LogP contribution in [0.25, 0.3) is 0 Å². The summed E-state index contributed by atoms with van der Waals surface area (Å²) in [5.41, 5.74) is -0.286. The van der Waals surface area contributed by atoms with Crippen LogP contribution in [0.1, 0.15) is 24.5 Å². The van der Waals surface area contributed by atoms with Crippen molar-refractivity contribution >= 4 is 41.0 Å². The molecule has 2 aromatic carbocycles. The first-order chi connectivity index (χ1) is 22.3. The van der Waals surface area contributed by atoms with Crippen LogP contribution in [0, 0.1) is 11.8 Å². The zero-order valence-corrected chi connectivity index (χ0v) is 26.0. The summed E-state index contributed by atoms with van der Waals surface area (Å²) >= 11 is 6.15. The number of allylic oxidation sites excluding steroid dienone is 1. The molecular weight excluding hydrogens is 614 g/mol. The Labute approximate surface area is 271 Å². The topological polar surface area (TPSA) is 135 Å². The number of carbonyl (C=O) groups excluding carboxylic acids is 4. The van der Waals surface area contributed by atoms with Gasteiger partial charge in [0.2, 0.25) is 11.8 Å². The van der Waals surface area contributed by atoms with E-state index in [4.69, 9.17) is 25.8 Å². The van der Waals surface area contributed by atoms with E-state index in [9.17, 15) is 24.3 Å². The van der Waals surface area contributed by atoms with Crippen LogP contribution >= 0.6 is 11.6 Å². The molecule has 2 aromatic rings. The predicted molar refractivity (Wildman–Crippen MR) is 168 cm³/mol. The van der Waals surface area contributed by atoms with Crippen LogP contribution in [0.15, 0.2) is 78.9 Å². The monoisotopic (exact) mass is 649 g/mol. The van der Waals surface area contributed by atoms with Crippen LogP contribution in [0.2, 0.25) is 5.02 Å². The third-order valence-electron chi connectivity index (χ3n) is 9.05. The van der Waals surface area contributed by atoms with Crippen molar-refractivity contribution < 1.29 is 38.5 Å². The minimum atomic E-state index is -1.46. The molecule has 6 rings (SSSR count). The van der Waals surface area contributed by atoms with E-state index in [0.29, 0.717) is 22.7 Å². The van der Waals surface area contributed by atoms with Crippen LogP contribution in [0.3, 0.4) is 0 Å². The summed E-state index contributed by atoms with van der Waals surface area (Å²) in [7, 11) is 1.50. The summed E-state index contributed by atoms with van der Waals surface area (Å²) in [6.07, 6.45) is 5.78. The van der Waals surface area contributed by atoms with Crippen molar-refractivity contribution in [2.75, 3.05) is 38.3 Å². The lowest BCUT2D eigenvalue weighted by Gasteiger charge is -2.35. The number of amides is 3. The molecule has 4 aliphatic rings. The van der Waals surface area contributed by atoms with Crippen LogP contribution in [0.4, 0.5) is 5.69 Å². The number of halogens is 1. The van der Waals surface area contributed by atoms with E-state index in [1.165, 1.54) is 16.9 Å². The van der Waals surface area contributed by atoms with Crippen molar-refractivity contribution in [1.29, 1.82) is 0 Å². The molecule has 0 radical (unpaired) electrons. The Hall–Kier alpha value is -4.03. The number of β-amino-alcohol motifs (C(OH)–C–C–N with tert-alkyl or cyclic N) is 1. The van der Waals surface area contributed by atoms with Crippen molar-refractivity contribution in [3.63, 3.8) is 0 Å². The number of hydrogen-bond donors (Lipinski definition) is 2. The number of esters is 1. The Balaban J connectivity index is 1.44. The molecule has 2 saturated heterocycles. The van der Waals surface area contributed by atoms with Gasteiger partial charge < -0.3 is 34.4 Å². The van der Waals surface area contributed by atoms with E-state index in [0.717, 1.165) is 0 Å². The summed E-state index contributed by atoms with van der Waals surface area (Å²) in [5.74, 6) is -4.03. The van der Waals surface area contributed by atoms with Gasteiger partial charge in [-0.2, -0.15) is 0 Å². The van der Waals surface area contributed by atoms with Crippen molar-refractivity contribution in [1.82, 2.24) is 10.2 Å². The largest absolute Gasteiger partial charge is 0.455 e. The molecule has 2 N–H and O–H groups in total. The first-order valence-corrected chi connectivity index (χ1v) is 15.7. The smallest absolute Gasteiger partial charge is 0.313 e. The number of nitrogens with one attached hydrogen (secondary N) is 1. The molecular formula is C34H36ClN3O8. The minimum absolute atomic E-state index is 0.0577. The lowest BCUT2D eigenvalue weighted by molar-refractivity contribution is -0.162. The van der Waals surface area contributed by atoms with Crippen molar-refractivity contribution in [3.8, 4) is 0 Å². The number of likely N-dealkylation sites (tertiary alicyclic amines) is 1. The number of benzene rings is 2. The summed E-state index contributed by atoms with van der Waals surface area (Å²) < 4.78 is 18.1. The third-order valence-corrected chi connectivity index (χ3v) is 9.30. The van der Waals surface area contributed by atoms with Gasteiger partial charge in [0.25, 0.3) is 5.91 Å². The zero-order valence-electron chi connectivity index (χ0n) is 25.3. The lowest BCUT2D eigenvalue weighted by atomic mass is 9.74. The highest BCUT2D eigenvalue weighted by atomic mass is 35.5. The maximum atomic E-state index is 14.6. The first kappa shape index (κ1) is 31.9. The van der Waals surface area contributed by atoms with E-state index < -0.39 is 66.1 Å². The second-order valence-electron chi connectivity index (χ2n) is 11.8. The minimum Gasteiger partial charge on any atom is -0.455 e. The van der Waals surface area contributed by atoms with Gasteiger partial charge >= 0.3 is 5.97 Å². The fourth-order valence-corrected chi connectivity index (χ4v) is 7.19. The van der Waals surface area contributed by atoms with Gasteiger partial charge in [-0.25, -0.2) is 0 Å². The number of nitrogens with zero attached hydrogens (tertiary/aromatic N) is 2. The zero-order chi connectivity index (χ0) is 32.4. The van der Waals surface area contributed by atoms with E-state index in [1.54, 1.807) is 66.8 Å². The van der Waals surface area contributed by atoms with Gasteiger partial charge in [-0.15, -0.1) is 0 Å². The van der Waals surface area contributed by atoms with Crippen LogP contribution in [0.5, 0.6) is 0 Å². The third kappa shape index (κ3) is 5.72. The SMILES string of the molecule is COC[C@@H]1NC(=O)CC/C=C\CN(c2ccc(Cl)cc2)C(=O)[C@H]2N(CCO)C(=O)[C@@H]3[C@@H](C(=O)O[C@H]1c1ccccc1)[C@H]1C=C[C@]32O1. The number of rotatable bonds is 6. The molecule has 2 fully saturated rings. The highest BCUT2D eigenvalue weighted by Gasteiger charge is 2.73. The second-order valence-corrected chi connectivity index (χ2v) is 12.2. The Morgan fingerprint density at radius 2 is 1.80 bits per heavy atom. The standard InChI is InChI=1S/C34H36ClN3O8/c1-44-20-24-29(21-8-4-2-5-9-21)45-33(43)27-25-15-16-34(46-25)28(27)31(41)38(18-19-39)30(34)32(42)37(23-13-11-22(35)12-14-23)17-7-3-6-10-26(40)36-24/h2-5,7-9,11-16,24-25,27-30,39H,6,10,17-20H2,1H3,(H,36,40)/b7-3-/t24-,25+,27-,28-,29-,30+,34-/m0/s1. The van der Waals surface area contributed by atoms with Crippen LogP contribution in [-0.2, 0) is 33.4 Å². The molecule has 0 unspecified atom stereocenters. The molecule has 46 heavy (non-hydrogen) atoms. The second kappa shape index (κ2) is 13.4. The molecule has 11 nitrogen and oxygen atoms in total. The van der Waals surface area contributed by atoms with Gasteiger partial charge in [0.05, 0.1) is 31.3 Å². The van der Waals surface area contributed by atoms with Gasteiger partial charge in [0.1, 0.15) is 23.7 Å².